The van der Waals surface area contributed by atoms with E-state index < -0.39 is 11.2 Å². The number of rotatable bonds is 4. The number of halogens is 2. The lowest BCUT2D eigenvalue weighted by Gasteiger charge is -2.34. The van der Waals surface area contributed by atoms with Gasteiger partial charge in [-0.2, -0.15) is 0 Å². The topological polar surface area (TPSA) is 66.0 Å². The van der Waals surface area contributed by atoms with Gasteiger partial charge in [-0.05, 0) is 49.6 Å². The lowest BCUT2D eigenvalue weighted by atomic mass is 9.76. The molecule has 1 aliphatic rings. The molecule has 3 heterocycles. The molecule has 1 unspecified atom stereocenters. The molecule has 0 saturated carbocycles. The van der Waals surface area contributed by atoms with Gasteiger partial charge in [0.25, 0.3) is 0 Å². The van der Waals surface area contributed by atoms with Crippen molar-refractivity contribution in [3.8, 4) is 28.5 Å². The van der Waals surface area contributed by atoms with Crippen LogP contribution in [0.2, 0.25) is 5.02 Å². The van der Waals surface area contributed by atoms with Crippen LogP contribution in [0.5, 0.6) is 5.75 Å². The second-order valence-electron chi connectivity index (χ2n) is 8.22. The Labute approximate surface area is 190 Å². The van der Waals surface area contributed by atoms with Crippen LogP contribution in [0.4, 0.5) is 4.39 Å². The number of methoxy groups -OCH3 is 1. The maximum absolute atomic E-state index is 14.2. The Morgan fingerprint density at radius 1 is 1.19 bits per heavy atom. The molecule has 4 aromatic rings. The summed E-state index contributed by atoms with van der Waals surface area (Å²) in [4.78, 5) is 4.17. The van der Waals surface area contributed by atoms with E-state index in [0.717, 1.165) is 47.7 Å². The van der Waals surface area contributed by atoms with Gasteiger partial charge < -0.3 is 13.7 Å². The molecule has 1 atom stereocenters. The minimum Gasteiger partial charge on any atom is -0.496 e. The largest absolute Gasteiger partial charge is 0.496 e. The second-order valence-corrected chi connectivity index (χ2v) is 8.63. The van der Waals surface area contributed by atoms with E-state index in [1.165, 1.54) is 6.07 Å². The normalized spacial score (nSPS) is 17.9. The molecule has 0 radical (unpaired) electrons. The predicted octanol–water partition coefficient (Wildman–Crippen LogP) is 5.81. The standard InChI is InChI=1S/C24H22ClFN4O2/c1-14-27-13-21(32-14)17-7-5-15(11-20(17)31-3)22-28-29-23-24(2,9-4-10-30(22)23)16-6-8-18(25)19(26)12-16/h5-8,11-13H,4,9-10H2,1-3H3. The molecule has 2 aromatic carbocycles. The van der Waals surface area contributed by atoms with Crippen LogP contribution < -0.4 is 4.74 Å². The highest BCUT2D eigenvalue weighted by Gasteiger charge is 2.38. The van der Waals surface area contributed by atoms with Crippen LogP contribution in [-0.4, -0.2) is 26.9 Å². The average Bonchev–Trinajstić information content (AvgIpc) is 3.42. The molecule has 0 aliphatic carbocycles. The second kappa shape index (κ2) is 7.74. The SMILES string of the molecule is COc1cc(-c2nnc3n2CCCC3(C)c2ccc(Cl)c(F)c2)ccc1-c1cnc(C)o1. The smallest absolute Gasteiger partial charge is 0.191 e. The Kier molecular flexibility index (Phi) is 5.01. The molecule has 2 aromatic heterocycles. The van der Waals surface area contributed by atoms with Crippen molar-refractivity contribution >= 4 is 11.6 Å². The van der Waals surface area contributed by atoms with E-state index in [1.807, 2.05) is 24.3 Å². The first-order valence-electron chi connectivity index (χ1n) is 10.4. The minimum atomic E-state index is -0.462. The maximum atomic E-state index is 14.2. The fourth-order valence-corrected chi connectivity index (χ4v) is 4.59. The Morgan fingerprint density at radius 3 is 2.75 bits per heavy atom. The summed E-state index contributed by atoms with van der Waals surface area (Å²) in [6.07, 6.45) is 3.45. The lowest BCUT2D eigenvalue weighted by molar-refractivity contribution is 0.377. The van der Waals surface area contributed by atoms with Gasteiger partial charge in [-0.1, -0.05) is 23.7 Å². The number of fused-ring (bicyclic) bond motifs is 1. The Hall–Kier alpha value is -3.19. The number of hydrogen-bond acceptors (Lipinski definition) is 5. The maximum Gasteiger partial charge on any atom is 0.191 e. The van der Waals surface area contributed by atoms with E-state index in [9.17, 15) is 4.39 Å². The fourth-order valence-electron chi connectivity index (χ4n) is 4.47. The highest BCUT2D eigenvalue weighted by Crippen LogP contribution is 2.42. The number of ether oxygens (including phenoxy) is 1. The van der Waals surface area contributed by atoms with Crippen molar-refractivity contribution in [2.24, 2.45) is 0 Å². The monoisotopic (exact) mass is 452 g/mol. The zero-order valence-electron chi connectivity index (χ0n) is 18.0. The third-order valence-corrected chi connectivity index (χ3v) is 6.51. The molecular formula is C24H22ClFN4O2. The van der Waals surface area contributed by atoms with Gasteiger partial charge in [0.05, 0.1) is 29.3 Å². The third kappa shape index (κ3) is 3.28. The molecule has 0 bridgehead atoms. The van der Waals surface area contributed by atoms with Gasteiger partial charge in [0, 0.05) is 19.0 Å². The molecule has 32 heavy (non-hydrogen) atoms. The first-order valence-corrected chi connectivity index (χ1v) is 10.8. The molecule has 0 N–H and O–H groups in total. The molecular weight excluding hydrogens is 431 g/mol. The van der Waals surface area contributed by atoms with Crippen LogP contribution in [0.25, 0.3) is 22.7 Å². The summed E-state index contributed by atoms with van der Waals surface area (Å²) < 4.78 is 27.6. The number of aryl methyl sites for hydroxylation is 1. The number of hydrogen-bond donors (Lipinski definition) is 0. The lowest BCUT2D eigenvalue weighted by Crippen LogP contribution is -2.33. The van der Waals surface area contributed by atoms with Gasteiger partial charge in [-0.15, -0.1) is 10.2 Å². The van der Waals surface area contributed by atoms with Gasteiger partial charge in [-0.3, -0.25) is 0 Å². The fraction of sp³-hybridized carbons (Fsp3) is 0.292. The average molecular weight is 453 g/mol. The van der Waals surface area contributed by atoms with Gasteiger partial charge in [-0.25, -0.2) is 9.37 Å². The summed E-state index contributed by atoms with van der Waals surface area (Å²) in [5.41, 5.74) is 2.08. The Bertz CT molecular complexity index is 1320. The first kappa shape index (κ1) is 20.7. The van der Waals surface area contributed by atoms with Crippen molar-refractivity contribution in [3.63, 3.8) is 0 Å². The molecule has 0 amide bonds. The van der Waals surface area contributed by atoms with Crippen LogP contribution >= 0.6 is 11.6 Å². The molecule has 1 aliphatic heterocycles. The van der Waals surface area contributed by atoms with Crippen molar-refractivity contribution < 1.29 is 13.5 Å². The molecule has 8 heteroatoms. The van der Waals surface area contributed by atoms with E-state index in [4.69, 9.17) is 20.8 Å². The van der Waals surface area contributed by atoms with Gasteiger partial charge in [0.1, 0.15) is 17.4 Å². The van der Waals surface area contributed by atoms with Gasteiger partial charge >= 0.3 is 0 Å². The third-order valence-electron chi connectivity index (χ3n) is 6.21. The van der Waals surface area contributed by atoms with Crippen molar-refractivity contribution in [2.75, 3.05) is 7.11 Å². The predicted molar refractivity (Wildman–Crippen MR) is 119 cm³/mol. The summed E-state index contributed by atoms with van der Waals surface area (Å²) in [5, 5.41) is 9.17. The van der Waals surface area contributed by atoms with Crippen molar-refractivity contribution in [1.29, 1.82) is 0 Å². The zero-order valence-corrected chi connectivity index (χ0v) is 18.8. The van der Waals surface area contributed by atoms with Crippen molar-refractivity contribution in [1.82, 2.24) is 19.7 Å². The molecule has 164 valence electrons. The van der Waals surface area contributed by atoms with E-state index in [1.54, 1.807) is 26.3 Å². The summed E-state index contributed by atoms with van der Waals surface area (Å²) >= 11 is 5.91. The number of nitrogens with zero attached hydrogens (tertiary/aromatic N) is 4. The van der Waals surface area contributed by atoms with E-state index >= 15 is 0 Å². The van der Waals surface area contributed by atoms with Crippen LogP contribution in [-0.2, 0) is 12.0 Å². The van der Waals surface area contributed by atoms with E-state index in [2.05, 4.69) is 26.7 Å². The number of oxazole rings is 1. The Balaban J connectivity index is 1.58. The molecule has 0 fully saturated rings. The summed E-state index contributed by atoms with van der Waals surface area (Å²) in [5.74, 6) is 3.04. The van der Waals surface area contributed by atoms with Crippen LogP contribution in [0.15, 0.2) is 47.0 Å². The van der Waals surface area contributed by atoms with Gasteiger partial charge in [0.15, 0.2) is 17.5 Å². The highest BCUT2D eigenvalue weighted by atomic mass is 35.5. The molecule has 0 spiro atoms. The van der Waals surface area contributed by atoms with Crippen molar-refractivity contribution in [2.45, 2.75) is 38.6 Å². The highest BCUT2D eigenvalue weighted by molar-refractivity contribution is 6.30. The van der Waals surface area contributed by atoms with Crippen LogP contribution in [0.3, 0.4) is 0 Å². The van der Waals surface area contributed by atoms with E-state index in [-0.39, 0.29) is 5.02 Å². The van der Waals surface area contributed by atoms with Gasteiger partial charge in [0.2, 0.25) is 0 Å². The van der Waals surface area contributed by atoms with Crippen LogP contribution in [0.1, 0.15) is 37.0 Å². The summed E-state index contributed by atoms with van der Waals surface area (Å²) in [6, 6.07) is 10.8. The molecule has 0 saturated heterocycles. The summed E-state index contributed by atoms with van der Waals surface area (Å²) in [6.45, 7) is 4.67. The summed E-state index contributed by atoms with van der Waals surface area (Å²) in [7, 11) is 1.62. The zero-order chi connectivity index (χ0) is 22.5. The van der Waals surface area contributed by atoms with E-state index in [0.29, 0.717) is 17.4 Å². The minimum absolute atomic E-state index is 0.115. The quantitative estimate of drug-likeness (QED) is 0.391. The molecule has 6 nitrogen and oxygen atoms in total. The van der Waals surface area contributed by atoms with Crippen LogP contribution in [0, 0.1) is 12.7 Å². The molecule has 5 rings (SSSR count). The van der Waals surface area contributed by atoms with Crippen molar-refractivity contribution in [3.05, 3.63) is 70.7 Å². The first-order chi connectivity index (χ1) is 15.4. The number of benzene rings is 2. The Morgan fingerprint density at radius 2 is 2.03 bits per heavy atom. The number of aromatic nitrogens is 4.